The summed E-state index contributed by atoms with van der Waals surface area (Å²) in [6, 6.07) is 0. The van der Waals surface area contributed by atoms with Crippen LogP contribution in [0.4, 0.5) is 0 Å². The molecule has 3 aliphatic rings. The highest BCUT2D eigenvalue weighted by molar-refractivity contribution is 5.05. The lowest BCUT2D eigenvalue weighted by molar-refractivity contribution is -0.0194. The van der Waals surface area contributed by atoms with E-state index in [0.717, 1.165) is 11.8 Å². The molecular formula is C19H35N. The summed E-state index contributed by atoms with van der Waals surface area (Å²) in [6.45, 7) is 11.8. The average Bonchev–Trinajstić information content (AvgIpc) is 2.67. The topological polar surface area (TPSA) is 3.24 Å². The Labute approximate surface area is 126 Å². The van der Waals surface area contributed by atoms with Crippen molar-refractivity contribution in [1.29, 1.82) is 0 Å². The van der Waals surface area contributed by atoms with Gasteiger partial charge in [0.25, 0.3) is 0 Å². The highest BCUT2D eigenvalue weighted by Crippen LogP contribution is 2.58. The van der Waals surface area contributed by atoms with Gasteiger partial charge in [-0.15, -0.1) is 0 Å². The number of hydrogen-bond donors (Lipinski definition) is 0. The smallest absolute Gasteiger partial charge is 0.00407 e. The van der Waals surface area contributed by atoms with Gasteiger partial charge in [0.05, 0.1) is 0 Å². The molecule has 3 fully saturated rings. The van der Waals surface area contributed by atoms with Crippen LogP contribution in [0.3, 0.4) is 0 Å². The maximum atomic E-state index is 2.83. The summed E-state index contributed by atoms with van der Waals surface area (Å²) < 4.78 is 0. The van der Waals surface area contributed by atoms with Gasteiger partial charge in [-0.1, -0.05) is 59.3 Å². The second-order valence-corrected chi connectivity index (χ2v) is 8.90. The van der Waals surface area contributed by atoms with Crippen molar-refractivity contribution in [2.75, 3.05) is 19.6 Å². The largest absolute Gasteiger partial charge is 0.302 e. The van der Waals surface area contributed by atoms with E-state index in [-0.39, 0.29) is 0 Å². The maximum absolute atomic E-state index is 2.83. The Kier molecular flexibility index (Phi) is 4.19. The van der Waals surface area contributed by atoms with Crippen LogP contribution in [-0.2, 0) is 0 Å². The molecule has 0 N–H and O–H groups in total. The quantitative estimate of drug-likeness (QED) is 0.648. The van der Waals surface area contributed by atoms with Crippen LogP contribution < -0.4 is 0 Å². The average molecular weight is 277 g/mol. The second kappa shape index (κ2) is 5.63. The van der Waals surface area contributed by atoms with Gasteiger partial charge in [-0.2, -0.15) is 0 Å². The van der Waals surface area contributed by atoms with E-state index >= 15 is 0 Å². The summed E-state index contributed by atoms with van der Waals surface area (Å²) in [4.78, 5) is 2.83. The number of fused-ring (bicyclic) bond motifs is 2. The molecule has 0 spiro atoms. The van der Waals surface area contributed by atoms with Crippen LogP contribution in [0, 0.1) is 22.7 Å². The lowest BCUT2D eigenvalue weighted by atomic mass is 9.63. The van der Waals surface area contributed by atoms with Crippen LogP contribution in [0.5, 0.6) is 0 Å². The van der Waals surface area contributed by atoms with Crippen LogP contribution in [0.15, 0.2) is 0 Å². The Morgan fingerprint density at radius 1 is 0.950 bits per heavy atom. The third-order valence-corrected chi connectivity index (χ3v) is 7.50. The molecule has 1 aliphatic heterocycles. The molecule has 3 rings (SSSR count). The predicted molar refractivity (Wildman–Crippen MR) is 86.9 cm³/mol. The van der Waals surface area contributed by atoms with Gasteiger partial charge in [-0.25, -0.2) is 0 Å². The third-order valence-electron chi connectivity index (χ3n) is 7.50. The van der Waals surface area contributed by atoms with Crippen molar-refractivity contribution in [1.82, 2.24) is 4.90 Å². The van der Waals surface area contributed by atoms with Gasteiger partial charge in [0.1, 0.15) is 0 Å². The monoisotopic (exact) mass is 277 g/mol. The molecule has 1 unspecified atom stereocenters. The van der Waals surface area contributed by atoms with Gasteiger partial charge < -0.3 is 4.90 Å². The first-order valence-electron chi connectivity index (χ1n) is 9.24. The molecular weight excluding hydrogens is 242 g/mol. The zero-order valence-corrected chi connectivity index (χ0v) is 14.1. The Morgan fingerprint density at radius 3 is 2.30 bits per heavy atom. The number of piperidine rings is 1. The zero-order chi connectivity index (χ0) is 14.2. The lowest BCUT2D eigenvalue weighted by Crippen LogP contribution is -2.52. The molecule has 1 nitrogen and oxygen atoms in total. The summed E-state index contributed by atoms with van der Waals surface area (Å²) in [7, 11) is 0. The van der Waals surface area contributed by atoms with E-state index in [9.17, 15) is 0 Å². The van der Waals surface area contributed by atoms with E-state index in [2.05, 4.69) is 25.7 Å². The molecule has 0 aromatic carbocycles. The van der Waals surface area contributed by atoms with Crippen molar-refractivity contribution in [2.24, 2.45) is 22.7 Å². The molecule has 0 radical (unpaired) electrons. The molecule has 0 amide bonds. The van der Waals surface area contributed by atoms with Crippen molar-refractivity contribution < 1.29 is 0 Å². The first kappa shape index (κ1) is 14.9. The molecule has 2 aliphatic carbocycles. The summed E-state index contributed by atoms with van der Waals surface area (Å²) in [5.41, 5.74) is 1.16. The Morgan fingerprint density at radius 2 is 1.65 bits per heavy atom. The van der Waals surface area contributed by atoms with Crippen LogP contribution in [0.2, 0.25) is 0 Å². The van der Waals surface area contributed by atoms with Crippen molar-refractivity contribution in [3.63, 3.8) is 0 Å². The minimum Gasteiger partial charge on any atom is -0.302 e. The van der Waals surface area contributed by atoms with Gasteiger partial charge in [0.2, 0.25) is 0 Å². The normalized spacial score (nSPS) is 38.9. The fraction of sp³-hybridized carbons (Fsp3) is 1.00. The molecule has 1 saturated heterocycles. The van der Waals surface area contributed by atoms with Crippen LogP contribution in [-0.4, -0.2) is 24.5 Å². The molecule has 0 aromatic heterocycles. The number of nitrogens with zero attached hydrogens (tertiary/aromatic N) is 1. The van der Waals surface area contributed by atoms with Crippen molar-refractivity contribution in [3.05, 3.63) is 0 Å². The zero-order valence-electron chi connectivity index (χ0n) is 14.1. The first-order chi connectivity index (χ1) is 9.51. The lowest BCUT2D eigenvalue weighted by Gasteiger charge is -2.50. The van der Waals surface area contributed by atoms with E-state index in [1.54, 1.807) is 0 Å². The highest BCUT2D eigenvalue weighted by atomic mass is 15.2. The van der Waals surface area contributed by atoms with Gasteiger partial charge in [0, 0.05) is 13.1 Å². The van der Waals surface area contributed by atoms with Crippen LogP contribution in [0.25, 0.3) is 0 Å². The molecule has 116 valence electrons. The van der Waals surface area contributed by atoms with E-state index < -0.39 is 0 Å². The minimum atomic E-state index is 0.575. The minimum absolute atomic E-state index is 0.575. The standard InChI is InChI=1S/C19H35N/c1-18(2)17-10-12-19(18,3)15-20(14-17)13-11-16-8-6-4-5-7-9-16/h16-17H,4-15H2,1-3H3/t17?,19-/m1/s1. The van der Waals surface area contributed by atoms with E-state index in [0.29, 0.717) is 10.8 Å². The van der Waals surface area contributed by atoms with Gasteiger partial charge in [0.15, 0.2) is 0 Å². The van der Waals surface area contributed by atoms with Crippen LogP contribution >= 0.6 is 0 Å². The van der Waals surface area contributed by atoms with E-state index in [1.807, 2.05) is 0 Å². The number of likely N-dealkylation sites (tertiary alicyclic amines) is 1. The molecule has 0 aromatic rings. The first-order valence-corrected chi connectivity index (χ1v) is 9.24. The summed E-state index contributed by atoms with van der Waals surface area (Å²) in [5.74, 6) is 1.99. The predicted octanol–water partition coefficient (Wildman–Crippen LogP) is 5.11. The van der Waals surface area contributed by atoms with Gasteiger partial charge >= 0.3 is 0 Å². The Balaban J connectivity index is 1.52. The highest BCUT2D eigenvalue weighted by Gasteiger charge is 2.55. The summed E-state index contributed by atoms with van der Waals surface area (Å²) >= 11 is 0. The summed E-state index contributed by atoms with van der Waals surface area (Å²) in [6.07, 6.45) is 13.4. The number of hydrogen-bond acceptors (Lipinski definition) is 1. The third kappa shape index (κ3) is 2.67. The number of rotatable bonds is 3. The molecule has 2 atom stereocenters. The van der Waals surface area contributed by atoms with E-state index in [1.165, 1.54) is 77.4 Å². The molecule has 2 bridgehead atoms. The fourth-order valence-corrected chi connectivity index (χ4v) is 5.33. The van der Waals surface area contributed by atoms with Gasteiger partial charge in [-0.05, 0) is 48.5 Å². The SMILES string of the molecule is CC1(C)C2CC[C@]1(C)CN(CCC1CCCCCC1)C2. The molecule has 1 heteroatoms. The van der Waals surface area contributed by atoms with Crippen molar-refractivity contribution in [2.45, 2.75) is 78.6 Å². The van der Waals surface area contributed by atoms with Crippen molar-refractivity contribution in [3.8, 4) is 0 Å². The van der Waals surface area contributed by atoms with E-state index in [4.69, 9.17) is 0 Å². The van der Waals surface area contributed by atoms with Crippen LogP contribution in [0.1, 0.15) is 78.6 Å². The second-order valence-electron chi connectivity index (χ2n) is 8.90. The van der Waals surface area contributed by atoms with Crippen molar-refractivity contribution >= 4 is 0 Å². The molecule has 1 heterocycles. The molecule has 2 saturated carbocycles. The Hall–Kier alpha value is -0.0400. The van der Waals surface area contributed by atoms with Gasteiger partial charge in [-0.3, -0.25) is 0 Å². The maximum Gasteiger partial charge on any atom is 0.00407 e. The molecule has 20 heavy (non-hydrogen) atoms. The fourth-order valence-electron chi connectivity index (χ4n) is 5.33. The summed E-state index contributed by atoms with van der Waals surface area (Å²) in [5, 5.41) is 0. The Bertz CT molecular complexity index is 327.